The zero-order chi connectivity index (χ0) is 14.2. The minimum atomic E-state index is -4.56. The molecule has 0 aliphatic carbocycles. The molecule has 0 aliphatic rings. The number of rotatable bonds is 2. The average molecular weight is 270 g/mol. The van der Waals surface area contributed by atoms with Gasteiger partial charge >= 0.3 is 6.18 Å². The van der Waals surface area contributed by atoms with Crippen molar-refractivity contribution in [2.24, 2.45) is 5.73 Å². The molecule has 0 unspecified atom stereocenters. The molecule has 2 N–H and O–H groups in total. The molecule has 0 radical (unpaired) electrons. The van der Waals surface area contributed by atoms with E-state index in [0.717, 1.165) is 6.07 Å². The summed E-state index contributed by atoms with van der Waals surface area (Å²) in [6, 6.07) is 5.73. The van der Waals surface area contributed by atoms with Gasteiger partial charge in [-0.1, -0.05) is 18.2 Å². The van der Waals surface area contributed by atoms with Crippen LogP contribution in [-0.4, -0.2) is 11.1 Å². The van der Waals surface area contributed by atoms with Gasteiger partial charge in [0, 0.05) is 12.1 Å². The summed E-state index contributed by atoms with van der Waals surface area (Å²) in [5.74, 6) is 0. The molecule has 0 fully saturated rings. The van der Waals surface area contributed by atoms with Crippen LogP contribution in [0.15, 0.2) is 36.4 Å². The molecule has 7 heteroatoms. The minimum Gasteiger partial charge on any atom is -0.316 e. The van der Waals surface area contributed by atoms with Crippen LogP contribution >= 0.6 is 0 Å². The highest BCUT2D eigenvalue weighted by atomic mass is 19.4. The largest absolute Gasteiger partial charge is 0.407 e. The lowest BCUT2D eigenvalue weighted by molar-refractivity contribution is -0.384. The molecule has 0 aliphatic heterocycles. The molecule has 4 nitrogen and oxygen atoms in total. The highest BCUT2D eigenvalue weighted by Crippen LogP contribution is 2.35. The maximum Gasteiger partial charge on any atom is 0.407 e. The van der Waals surface area contributed by atoms with Crippen molar-refractivity contribution < 1.29 is 18.1 Å². The number of alkyl halides is 3. The van der Waals surface area contributed by atoms with E-state index in [4.69, 9.17) is 5.73 Å². The number of benzene rings is 2. The molecule has 19 heavy (non-hydrogen) atoms. The summed E-state index contributed by atoms with van der Waals surface area (Å²) >= 11 is 0. The summed E-state index contributed by atoms with van der Waals surface area (Å²) < 4.78 is 37.9. The van der Waals surface area contributed by atoms with E-state index in [1.54, 1.807) is 0 Å². The van der Waals surface area contributed by atoms with Gasteiger partial charge in [0.2, 0.25) is 0 Å². The zero-order valence-corrected chi connectivity index (χ0v) is 9.52. The van der Waals surface area contributed by atoms with Gasteiger partial charge < -0.3 is 5.73 Å². The average Bonchev–Trinajstić information content (AvgIpc) is 2.35. The third-order valence-corrected chi connectivity index (χ3v) is 2.80. The summed E-state index contributed by atoms with van der Waals surface area (Å²) in [4.78, 5) is 10.0. The van der Waals surface area contributed by atoms with Crippen LogP contribution in [0.4, 0.5) is 18.9 Å². The van der Waals surface area contributed by atoms with Gasteiger partial charge in [-0.15, -0.1) is 0 Å². The van der Waals surface area contributed by atoms with E-state index in [0.29, 0.717) is 5.39 Å². The second kappa shape index (κ2) is 4.51. The molecule has 2 aromatic carbocycles. The molecule has 2 rings (SSSR count). The number of hydrogen-bond donors (Lipinski definition) is 1. The van der Waals surface area contributed by atoms with Crippen LogP contribution < -0.4 is 5.73 Å². The standard InChI is InChI=1S/C12H9F3N2O2/c13-12(14,15)11(16)10-3-1-2-7-6-8(17(18)19)4-5-9(7)10/h1-6,11H,16H2/t11-/m0/s1. The fourth-order valence-electron chi connectivity index (χ4n) is 1.86. The van der Waals surface area contributed by atoms with Crippen LogP contribution in [0.5, 0.6) is 0 Å². The SMILES string of the molecule is N[C@@H](c1cccc2cc([N+](=O)[O-])ccc12)C(F)(F)F. The van der Waals surface area contributed by atoms with E-state index in [1.807, 2.05) is 0 Å². The first-order valence-electron chi connectivity index (χ1n) is 5.30. The summed E-state index contributed by atoms with van der Waals surface area (Å²) in [5.41, 5.74) is 4.90. The summed E-state index contributed by atoms with van der Waals surface area (Å²) in [6.07, 6.45) is -4.56. The van der Waals surface area contributed by atoms with E-state index in [2.05, 4.69) is 0 Å². The molecule has 1 atom stereocenters. The quantitative estimate of drug-likeness (QED) is 0.672. The lowest BCUT2D eigenvalue weighted by atomic mass is 9.98. The van der Waals surface area contributed by atoms with E-state index in [-0.39, 0.29) is 16.6 Å². The Balaban J connectivity index is 2.62. The molecular formula is C12H9F3N2O2. The van der Waals surface area contributed by atoms with Crippen molar-refractivity contribution in [3.8, 4) is 0 Å². The fourth-order valence-corrected chi connectivity index (χ4v) is 1.86. The van der Waals surface area contributed by atoms with Gasteiger partial charge in [-0.25, -0.2) is 0 Å². The van der Waals surface area contributed by atoms with Crippen LogP contribution in [0.25, 0.3) is 10.8 Å². The molecule has 100 valence electrons. The Morgan fingerprint density at radius 3 is 2.47 bits per heavy atom. The second-order valence-corrected chi connectivity index (χ2v) is 4.03. The first kappa shape index (κ1) is 13.3. The topological polar surface area (TPSA) is 69.2 Å². The van der Waals surface area contributed by atoms with Crippen molar-refractivity contribution in [2.45, 2.75) is 12.2 Å². The molecule has 0 aromatic heterocycles. The van der Waals surface area contributed by atoms with Gasteiger partial charge in [-0.3, -0.25) is 10.1 Å². The van der Waals surface area contributed by atoms with Crippen LogP contribution in [0.1, 0.15) is 11.6 Å². The number of fused-ring (bicyclic) bond motifs is 1. The maximum absolute atomic E-state index is 12.6. The van der Waals surface area contributed by atoms with Gasteiger partial charge in [0.25, 0.3) is 5.69 Å². The van der Waals surface area contributed by atoms with Gasteiger partial charge in [-0.05, 0) is 22.4 Å². The third kappa shape index (κ3) is 2.50. The van der Waals surface area contributed by atoms with Crippen LogP contribution in [0.2, 0.25) is 0 Å². The predicted octanol–water partition coefficient (Wildman–Crippen LogP) is 3.31. The van der Waals surface area contributed by atoms with E-state index < -0.39 is 17.1 Å². The molecule has 0 heterocycles. The van der Waals surface area contributed by atoms with Crippen molar-refractivity contribution in [3.05, 3.63) is 52.1 Å². The first-order chi connectivity index (χ1) is 8.80. The molecule has 0 spiro atoms. The Morgan fingerprint density at radius 2 is 1.89 bits per heavy atom. The number of halogens is 3. The highest BCUT2D eigenvalue weighted by molar-refractivity contribution is 5.88. The van der Waals surface area contributed by atoms with E-state index in [1.165, 1.54) is 30.3 Å². The number of non-ortho nitro benzene ring substituents is 1. The van der Waals surface area contributed by atoms with Crippen LogP contribution in [-0.2, 0) is 0 Å². The van der Waals surface area contributed by atoms with Gasteiger partial charge in [0.1, 0.15) is 6.04 Å². The summed E-state index contributed by atoms with van der Waals surface area (Å²) in [5, 5.41) is 11.2. The number of nitro groups is 1. The Labute approximate surface area is 105 Å². The molecule has 0 bridgehead atoms. The number of nitro benzene ring substituents is 1. The third-order valence-electron chi connectivity index (χ3n) is 2.80. The maximum atomic E-state index is 12.6. The Kier molecular flexibility index (Phi) is 3.15. The predicted molar refractivity (Wildman–Crippen MR) is 63.6 cm³/mol. The van der Waals surface area contributed by atoms with Gasteiger partial charge in [0.15, 0.2) is 0 Å². The zero-order valence-electron chi connectivity index (χ0n) is 9.52. The van der Waals surface area contributed by atoms with Crippen molar-refractivity contribution >= 4 is 16.5 Å². The normalized spacial score (nSPS) is 13.5. The summed E-state index contributed by atoms with van der Waals surface area (Å²) in [7, 11) is 0. The minimum absolute atomic E-state index is 0.0973. The molecule has 2 aromatic rings. The molecule has 0 amide bonds. The van der Waals surface area contributed by atoms with Crippen molar-refractivity contribution in [1.82, 2.24) is 0 Å². The second-order valence-electron chi connectivity index (χ2n) is 4.03. The number of hydrogen-bond acceptors (Lipinski definition) is 3. The molecule has 0 saturated heterocycles. The Morgan fingerprint density at radius 1 is 1.21 bits per heavy atom. The van der Waals surface area contributed by atoms with E-state index >= 15 is 0 Å². The Bertz CT molecular complexity index is 640. The van der Waals surface area contributed by atoms with E-state index in [9.17, 15) is 23.3 Å². The van der Waals surface area contributed by atoms with Crippen molar-refractivity contribution in [3.63, 3.8) is 0 Å². The first-order valence-corrected chi connectivity index (χ1v) is 5.30. The fraction of sp³-hybridized carbons (Fsp3) is 0.167. The van der Waals surface area contributed by atoms with Crippen LogP contribution in [0, 0.1) is 10.1 Å². The van der Waals surface area contributed by atoms with Crippen LogP contribution in [0.3, 0.4) is 0 Å². The lowest BCUT2D eigenvalue weighted by Crippen LogP contribution is -2.28. The Hall–Kier alpha value is -2.15. The molecule has 0 saturated carbocycles. The summed E-state index contributed by atoms with van der Waals surface area (Å²) in [6.45, 7) is 0. The smallest absolute Gasteiger partial charge is 0.316 e. The lowest BCUT2D eigenvalue weighted by Gasteiger charge is -2.17. The highest BCUT2D eigenvalue weighted by Gasteiger charge is 2.38. The monoisotopic (exact) mass is 270 g/mol. The van der Waals surface area contributed by atoms with Gasteiger partial charge in [0.05, 0.1) is 4.92 Å². The van der Waals surface area contributed by atoms with Gasteiger partial charge in [-0.2, -0.15) is 13.2 Å². The number of nitrogens with two attached hydrogens (primary N) is 1. The van der Waals surface area contributed by atoms with Crippen molar-refractivity contribution in [2.75, 3.05) is 0 Å². The molecular weight excluding hydrogens is 261 g/mol. The van der Waals surface area contributed by atoms with Crippen molar-refractivity contribution in [1.29, 1.82) is 0 Å². The number of nitrogens with zero attached hydrogens (tertiary/aromatic N) is 1.